The van der Waals surface area contributed by atoms with Gasteiger partial charge in [0.2, 0.25) is 0 Å². The predicted octanol–water partition coefficient (Wildman–Crippen LogP) is 3.56. The second-order valence-corrected chi connectivity index (χ2v) is 6.57. The molecule has 0 aromatic heterocycles. The van der Waals surface area contributed by atoms with Crippen molar-refractivity contribution in [2.75, 3.05) is 33.8 Å². The first kappa shape index (κ1) is 20.5. The summed E-state index contributed by atoms with van der Waals surface area (Å²) < 4.78 is 4.97. The molecule has 4 nitrogen and oxygen atoms in total. The van der Waals surface area contributed by atoms with Crippen molar-refractivity contribution < 1.29 is 9.53 Å². The zero-order chi connectivity index (χ0) is 16.1. The molecule has 1 saturated heterocycles. The van der Waals surface area contributed by atoms with Gasteiger partial charge in [-0.05, 0) is 56.6 Å². The number of hydrogen-bond donors (Lipinski definition) is 1. The Balaban J connectivity index is 0.00000264. The van der Waals surface area contributed by atoms with Gasteiger partial charge in [0.25, 0.3) is 0 Å². The highest BCUT2D eigenvalue weighted by molar-refractivity contribution is 6.42. The summed E-state index contributed by atoms with van der Waals surface area (Å²) in [7, 11) is 3.35. The third-order valence-electron chi connectivity index (χ3n) is 4.07. The molecular weight excluding hydrogens is 359 g/mol. The molecule has 0 saturated carbocycles. The summed E-state index contributed by atoms with van der Waals surface area (Å²) in [6.07, 6.45) is 2.35. The number of carbonyl (C=O) groups excluding carboxylic acids is 1. The second kappa shape index (κ2) is 9.70. The van der Waals surface area contributed by atoms with E-state index in [2.05, 4.69) is 5.32 Å². The number of ether oxygens (including phenoxy) is 1. The van der Waals surface area contributed by atoms with Crippen LogP contribution in [-0.4, -0.2) is 44.7 Å². The lowest BCUT2D eigenvalue weighted by Crippen LogP contribution is -2.40. The Kier molecular flexibility index (Phi) is 8.65. The average molecular weight is 382 g/mol. The number of methoxy groups -OCH3 is 1. The van der Waals surface area contributed by atoms with Crippen LogP contribution < -0.4 is 5.32 Å². The number of nitrogens with one attached hydrogen (secondary N) is 1. The molecule has 7 heteroatoms. The minimum Gasteiger partial charge on any atom is -0.468 e. The van der Waals surface area contributed by atoms with E-state index in [0.717, 1.165) is 25.2 Å². The summed E-state index contributed by atoms with van der Waals surface area (Å²) in [5.41, 5.74) is 0.799. The smallest absolute Gasteiger partial charge is 0.327 e. The van der Waals surface area contributed by atoms with E-state index in [-0.39, 0.29) is 18.4 Å². The second-order valence-electron chi connectivity index (χ2n) is 5.75. The maximum absolute atomic E-state index is 12.2. The lowest BCUT2D eigenvalue weighted by Gasteiger charge is -2.32. The van der Waals surface area contributed by atoms with Crippen LogP contribution in [0.2, 0.25) is 10.0 Å². The van der Waals surface area contributed by atoms with Gasteiger partial charge in [-0.3, -0.25) is 4.90 Å². The molecule has 0 amide bonds. The van der Waals surface area contributed by atoms with Gasteiger partial charge in [-0.15, -0.1) is 12.4 Å². The molecule has 23 heavy (non-hydrogen) atoms. The van der Waals surface area contributed by atoms with Crippen molar-refractivity contribution in [3.8, 4) is 0 Å². The van der Waals surface area contributed by atoms with Crippen molar-refractivity contribution in [3.63, 3.8) is 0 Å². The largest absolute Gasteiger partial charge is 0.468 e. The zero-order valence-electron chi connectivity index (χ0n) is 13.4. The summed E-state index contributed by atoms with van der Waals surface area (Å²) in [5, 5.41) is 4.32. The molecule has 0 aliphatic carbocycles. The molecule has 2 atom stereocenters. The number of esters is 1. The Hall–Kier alpha value is -0.520. The zero-order valence-corrected chi connectivity index (χ0v) is 15.7. The number of hydrogen-bond acceptors (Lipinski definition) is 4. The van der Waals surface area contributed by atoms with Crippen molar-refractivity contribution in [2.24, 2.45) is 5.92 Å². The van der Waals surface area contributed by atoms with Crippen LogP contribution in [0.15, 0.2) is 18.2 Å². The number of benzene rings is 1. The van der Waals surface area contributed by atoms with Crippen molar-refractivity contribution in [1.29, 1.82) is 0 Å². The molecule has 0 bridgehead atoms. The number of rotatable bonds is 5. The van der Waals surface area contributed by atoms with Crippen LogP contribution in [0.5, 0.6) is 0 Å². The summed E-state index contributed by atoms with van der Waals surface area (Å²) in [5.74, 6) is 0.248. The number of likely N-dealkylation sites (N-methyl/N-ethyl adjacent to an activating group) is 1. The summed E-state index contributed by atoms with van der Waals surface area (Å²) in [6, 6.07) is 4.80. The van der Waals surface area contributed by atoms with Gasteiger partial charge < -0.3 is 10.1 Å². The first-order chi connectivity index (χ1) is 10.5. The maximum Gasteiger partial charge on any atom is 0.327 e. The molecule has 1 aliphatic rings. The fourth-order valence-corrected chi connectivity index (χ4v) is 3.26. The summed E-state index contributed by atoms with van der Waals surface area (Å²) in [6.45, 7) is 2.89. The molecule has 0 radical (unpaired) electrons. The van der Waals surface area contributed by atoms with E-state index in [4.69, 9.17) is 27.9 Å². The third-order valence-corrected chi connectivity index (χ3v) is 4.81. The normalized spacial score (nSPS) is 19.1. The average Bonchev–Trinajstić information content (AvgIpc) is 2.51. The van der Waals surface area contributed by atoms with Crippen LogP contribution in [-0.2, 0) is 9.53 Å². The fraction of sp³-hybridized carbons (Fsp3) is 0.562. The fourth-order valence-electron chi connectivity index (χ4n) is 2.96. The molecule has 2 unspecified atom stereocenters. The van der Waals surface area contributed by atoms with E-state index in [1.807, 2.05) is 18.0 Å². The first-order valence-corrected chi connectivity index (χ1v) is 8.22. The lowest BCUT2D eigenvalue weighted by molar-refractivity contribution is -0.147. The van der Waals surface area contributed by atoms with E-state index < -0.39 is 6.04 Å². The molecule has 130 valence electrons. The van der Waals surface area contributed by atoms with Crippen LogP contribution in [0, 0.1) is 5.92 Å². The standard InChI is InChI=1S/C16H22Cl2N2O2.ClH/c1-20(10-11-4-3-7-19-9-11)15(16(21)22-2)12-5-6-13(17)14(18)8-12;/h5-6,8,11,15,19H,3-4,7,9-10H2,1-2H3;1H. The van der Waals surface area contributed by atoms with Crippen LogP contribution in [0.25, 0.3) is 0 Å². The van der Waals surface area contributed by atoms with Crippen molar-refractivity contribution in [3.05, 3.63) is 33.8 Å². The monoisotopic (exact) mass is 380 g/mol. The Morgan fingerprint density at radius 2 is 2.17 bits per heavy atom. The number of nitrogens with zero attached hydrogens (tertiary/aromatic N) is 1. The van der Waals surface area contributed by atoms with Gasteiger partial charge in [-0.25, -0.2) is 4.79 Å². The van der Waals surface area contributed by atoms with Gasteiger partial charge in [0, 0.05) is 6.54 Å². The van der Waals surface area contributed by atoms with Crippen LogP contribution in [0.4, 0.5) is 0 Å². The third kappa shape index (κ3) is 5.50. The molecule has 1 fully saturated rings. The number of piperidine rings is 1. The van der Waals surface area contributed by atoms with Gasteiger partial charge >= 0.3 is 5.97 Å². The molecule has 1 aromatic rings. The van der Waals surface area contributed by atoms with Crippen molar-refractivity contribution in [1.82, 2.24) is 10.2 Å². The lowest BCUT2D eigenvalue weighted by atomic mass is 9.97. The minimum absolute atomic E-state index is 0. The first-order valence-electron chi connectivity index (χ1n) is 7.46. The van der Waals surface area contributed by atoms with Crippen molar-refractivity contribution in [2.45, 2.75) is 18.9 Å². The highest BCUT2D eigenvalue weighted by Gasteiger charge is 2.28. The Bertz CT molecular complexity index is 522. The van der Waals surface area contributed by atoms with Crippen molar-refractivity contribution >= 4 is 41.6 Å². The number of carbonyl (C=O) groups is 1. The SMILES string of the molecule is COC(=O)C(c1ccc(Cl)c(Cl)c1)N(C)CC1CCCNC1.Cl. The van der Waals surface area contributed by atoms with E-state index in [1.54, 1.807) is 12.1 Å². The topological polar surface area (TPSA) is 41.6 Å². The maximum atomic E-state index is 12.2. The van der Waals surface area contributed by atoms with E-state index in [9.17, 15) is 4.79 Å². The van der Waals surface area contributed by atoms with Gasteiger partial charge in [0.05, 0.1) is 17.2 Å². The van der Waals surface area contributed by atoms with Gasteiger partial charge in [-0.2, -0.15) is 0 Å². The minimum atomic E-state index is -0.471. The molecule has 1 aliphatic heterocycles. The Labute approximate surface area is 153 Å². The van der Waals surface area contributed by atoms with E-state index in [1.165, 1.54) is 20.0 Å². The molecule has 0 spiro atoms. The van der Waals surface area contributed by atoms with Crippen LogP contribution >= 0.6 is 35.6 Å². The van der Waals surface area contributed by atoms with E-state index >= 15 is 0 Å². The van der Waals surface area contributed by atoms with E-state index in [0.29, 0.717) is 16.0 Å². The highest BCUT2D eigenvalue weighted by Crippen LogP contribution is 2.29. The number of halogens is 3. The van der Waals surface area contributed by atoms with Gasteiger partial charge in [-0.1, -0.05) is 29.3 Å². The molecule has 1 heterocycles. The molecule has 1 aromatic carbocycles. The van der Waals surface area contributed by atoms with Gasteiger partial charge in [0.1, 0.15) is 6.04 Å². The molecular formula is C16H23Cl3N2O2. The quantitative estimate of drug-likeness (QED) is 0.792. The Morgan fingerprint density at radius 1 is 1.43 bits per heavy atom. The molecule has 2 rings (SSSR count). The van der Waals surface area contributed by atoms with Crippen LogP contribution in [0.1, 0.15) is 24.4 Å². The summed E-state index contributed by atoms with van der Waals surface area (Å²) in [4.78, 5) is 14.3. The van der Waals surface area contributed by atoms with Gasteiger partial charge in [0.15, 0.2) is 0 Å². The Morgan fingerprint density at radius 3 is 2.74 bits per heavy atom. The summed E-state index contributed by atoms with van der Waals surface area (Å²) >= 11 is 12.1. The molecule has 1 N–H and O–H groups in total. The van der Waals surface area contributed by atoms with Crippen LogP contribution in [0.3, 0.4) is 0 Å². The predicted molar refractivity (Wildman–Crippen MR) is 96.7 cm³/mol. The highest BCUT2D eigenvalue weighted by atomic mass is 35.5.